The average molecular weight is 422 g/mol. The first-order chi connectivity index (χ1) is 14.9. The molecule has 0 aliphatic carbocycles. The second-order valence-corrected chi connectivity index (χ2v) is 8.12. The molecule has 2 aromatic heterocycles. The summed E-state index contributed by atoms with van der Waals surface area (Å²) in [6.07, 6.45) is 2.77. The van der Waals surface area contributed by atoms with Crippen LogP contribution in [0.15, 0.2) is 41.3 Å². The third-order valence-electron chi connectivity index (χ3n) is 5.84. The molecule has 1 fully saturated rings. The maximum atomic E-state index is 12.9. The molecule has 0 radical (unpaired) electrons. The Morgan fingerprint density at radius 2 is 1.94 bits per heavy atom. The van der Waals surface area contributed by atoms with Crippen molar-refractivity contribution in [2.45, 2.75) is 32.6 Å². The van der Waals surface area contributed by atoms with E-state index in [1.54, 1.807) is 18.0 Å². The van der Waals surface area contributed by atoms with Gasteiger partial charge in [0, 0.05) is 31.2 Å². The summed E-state index contributed by atoms with van der Waals surface area (Å²) < 4.78 is 1.33. The lowest BCUT2D eigenvalue weighted by molar-refractivity contribution is -0.126. The fourth-order valence-electron chi connectivity index (χ4n) is 3.99. The molecule has 31 heavy (non-hydrogen) atoms. The number of nitrogens with zero attached hydrogens (tertiary/aromatic N) is 4. The van der Waals surface area contributed by atoms with Crippen molar-refractivity contribution >= 4 is 17.3 Å². The number of carbonyl (C=O) groups is 2. The molecule has 1 aliphatic heterocycles. The molecule has 3 aromatic rings. The fourth-order valence-corrected chi connectivity index (χ4v) is 3.99. The van der Waals surface area contributed by atoms with Gasteiger partial charge < -0.3 is 15.2 Å². The van der Waals surface area contributed by atoms with Crippen molar-refractivity contribution in [3.63, 3.8) is 0 Å². The standard InChI is InChI=1S/C22H26N6O3/c1-14(16-6-4-3-5-7-16)12-23-20(29)17-8-10-27(11-9-17)22(31)18-19-21(30)24-15(2)13-28(19)26-25-18/h3-7,13-14,17H,8-12H2,1-2H3,(H,23,29)(H,24,30). The predicted molar refractivity (Wildman–Crippen MR) is 115 cm³/mol. The van der Waals surface area contributed by atoms with Crippen molar-refractivity contribution in [1.29, 1.82) is 0 Å². The second-order valence-electron chi connectivity index (χ2n) is 8.12. The number of piperidine rings is 1. The van der Waals surface area contributed by atoms with Gasteiger partial charge in [-0.3, -0.25) is 14.4 Å². The van der Waals surface area contributed by atoms with Crippen molar-refractivity contribution < 1.29 is 9.59 Å². The molecule has 2 N–H and O–H groups in total. The number of aromatic amines is 1. The maximum Gasteiger partial charge on any atom is 0.276 e. The molecular weight excluding hydrogens is 396 g/mol. The minimum atomic E-state index is -0.393. The number of benzene rings is 1. The number of aryl methyl sites for hydroxylation is 1. The van der Waals surface area contributed by atoms with E-state index < -0.39 is 5.56 Å². The lowest BCUT2D eigenvalue weighted by atomic mass is 9.95. The molecule has 2 amide bonds. The SMILES string of the molecule is Cc1cn2nnc(C(=O)N3CCC(C(=O)NCC(C)c4ccccc4)CC3)c2c(=O)[nH]1. The van der Waals surface area contributed by atoms with Gasteiger partial charge in [-0.05, 0) is 31.2 Å². The van der Waals surface area contributed by atoms with Gasteiger partial charge in [0.1, 0.15) is 0 Å². The molecule has 1 aromatic carbocycles. The monoisotopic (exact) mass is 422 g/mol. The van der Waals surface area contributed by atoms with E-state index in [-0.39, 0.29) is 34.9 Å². The Balaban J connectivity index is 1.34. The smallest absolute Gasteiger partial charge is 0.276 e. The third kappa shape index (κ3) is 4.35. The van der Waals surface area contributed by atoms with Crippen LogP contribution < -0.4 is 10.9 Å². The fraction of sp³-hybridized carbons (Fsp3) is 0.409. The number of hydrogen-bond donors (Lipinski definition) is 2. The van der Waals surface area contributed by atoms with E-state index in [1.165, 1.54) is 10.1 Å². The van der Waals surface area contributed by atoms with Gasteiger partial charge >= 0.3 is 0 Å². The molecule has 9 heteroatoms. The number of carbonyl (C=O) groups excluding carboxylic acids is 2. The van der Waals surface area contributed by atoms with Crippen LogP contribution in [0.5, 0.6) is 0 Å². The van der Waals surface area contributed by atoms with Gasteiger partial charge in [-0.25, -0.2) is 4.52 Å². The Hall–Kier alpha value is -3.49. The minimum Gasteiger partial charge on any atom is -0.355 e. The zero-order valence-corrected chi connectivity index (χ0v) is 17.7. The van der Waals surface area contributed by atoms with E-state index in [4.69, 9.17) is 0 Å². The molecular formula is C22H26N6O3. The number of nitrogens with one attached hydrogen (secondary N) is 2. The van der Waals surface area contributed by atoms with Crippen molar-refractivity contribution in [3.05, 3.63) is 63.8 Å². The third-order valence-corrected chi connectivity index (χ3v) is 5.84. The number of aromatic nitrogens is 4. The highest BCUT2D eigenvalue weighted by atomic mass is 16.2. The van der Waals surface area contributed by atoms with Crippen LogP contribution >= 0.6 is 0 Å². The molecule has 1 aliphatic rings. The van der Waals surface area contributed by atoms with E-state index in [1.807, 2.05) is 18.2 Å². The van der Waals surface area contributed by atoms with Crippen LogP contribution in [-0.2, 0) is 4.79 Å². The minimum absolute atomic E-state index is 0.0240. The number of H-pyrrole nitrogens is 1. The van der Waals surface area contributed by atoms with Crippen LogP contribution in [0.25, 0.3) is 5.52 Å². The second kappa shape index (κ2) is 8.71. The molecule has 3 heterocycles. The Morgan fingerprint density at radius 1 is 1.23 bits per heavy atom. The van der Waals surface area contributed by atoms with E-state index in [9.17, 15) is 14.4 Å². The van der Waals surface area contributed by atoms with Crippen LogP contribution in [0.3, 0.4) is 0 Å². The van der Waals surface area contributed by atoms with Gasteiger partial charge in [-0.1, -0.05) is 42.5 Å². The normalized spacial score (nSPS) is 15.7. The molecule has 162 valence electrons. The summed E-state index contributed by atoms with van der Waals surface area (Å²) in [5.74, 6) is -0.206. The predicted octanol–water partition coefficient (Wildman–Crippen LogP) is 1.50. The molecule has 1 unspecified atom stereocenters. The summed E-state index contributed by atoms with van der Waals surface area (Å²) >= 11 is 0. The van der Waals surface area contributed by atoms with Crippen molar-refractivity contribution in [2.24, 2.45) is 5.92 Å². The first-order valence-electron chi connectivity index (χ1n) is 10.5. The quantitative estimate of drug-likeness (QED) is 0.647. The summed E-state index contributed by atoms with van der Waals surface area (Å²) in [5.41, 5.74) is 1.62. The van der Waals surface area contributed by atoms with Crippen molar-refractivity contribution in [3.8, 4) is 0 Å². The lowest BCUT2D eigenvalue weighted by Gasteiger charge is -2.31. The summed E-state index contributed by atoms with van der Waals surface area (Å²) in [6.45, 7) is 5.28. The average Bonchev–Trinajstić information content (AvgIpc) is 3.21. The van der Waals surface area contributed by atoms with Gasteiger partial charge in [-0.15, -0.1) is 5.10 Å². The molecule has 0 saturated carbocycles. The van der Waals surface area contributed by atoms with Gasteiger partial charge in [-0.2, -0.15) is 0 Å². The number of hydrogen-bond acceptors (Lipinski definition) is 5. The highest BCUT2D eigenvalue weighted by Gasteiger charge is 2.30. The first kappa shape index (κ1) is 20.8. The van der Waals surface area contributed by atoms with Crippen LogP contribution in [0.2, 0.25) is 0 Å². The van der Waals surface area contributed by atoms with E-state index >= 15 is 0 Å². The highest BCUT2D eigenvalue weighted by Crippen LogP contribution is 2.20. The largest absolute Gasteiger partial charge is 0.355 e. The zero-order valence-electron chi connectivity index (χ0n) is 17.7. The lowest BCUT2D eigenvalue weighted by Crippen LogP contribution is -2.43. The number of fused-ring (bicyclic) bond motifs is 1. The zero-order chi connectivity index (χ0) is 22.0. The van der Waals surface area contributed by atoms with Crippen LogP contribution in [-0.4, -0.2) is 56.2 Å². The molecule has 1 saturated heterocycles. The molecule has 0 spiro atoms. The Morgan fingerprint density at radius 3 is 2.65 bits per heavy atom. The molecule has 4 rings (SSSR count). The molecule has 1 atom stereocenters. The highest BCUT2D eigenvalue weighted by molar-refractivity contribution is 5.98. The topological polar surface area (TPSA) is 112 Å². The van der Waals surface area contributed by atoms with Crippen molar-refractivity contribution in [1.82, 2.24) is 30.0 Å². The van der Waals surface area contributed by atoms with Gasteiger partial charge in [0.15, 0.2) is 11.2 Å². The van der Waals surface area contributed by atoms with E-state index in [0.717, 1.165) is 0 Å². The van der Waals surface area contributed by atoms with Crippen LogP contribution in [0, 0.1) is 12.8 Å². The summed E-state index contributed by atoms with van der Waals surface area (Å²) in [5, 5.41) is 10.9. The van der Waals surface area contributed by atoms with Gasteiger partial charge in [0.2, 0.25) is 5.91 Å². The summed E-state index contributed by atoms with van der Waals surface area (Å²) in [6, 6.07) is 10.1. The molecule has 0 bridgehead atoms. The van der Waals surface area contributed by atoms with Gasteiger partial charge in [0.25, 0.3) is 11.5 Å². The number of likely N-dealkylation sites (tertiary alicyclic amines) is 1. The Labute approximate surface area is 179 Å². The summed E-state index contributed by atoms with van der Waals surface area (Å²) in [7, 11) is 0. The number of rotatable bonds is 5. The van der Waals surface area contributed by atoms with Crippen molar-refractivity contribution in [2.75, 3.05) is 19.6 Å². The number of amides is 2. The van der Waals surface area contributed by atoms with Gasteiger partial charge in [0.05, 0.1) is 6.20 Å². The maximum absolute atomic E-state index is 12.9. The molecule has 9 nitrogen and oxygen atoms in total. The Kier molecular flexibility index (Phi) is 5.83. The van der Waals surface area contributed by atoms with E-state index in [0.29, 0.717) is 38.2 Å². The first-order valence-corrected chi connectivity index (χ1v) is 10.5. The van der Waals surface area contributed by atoms with Crippen LogP contribution in [0.1, 0.15) is 47.4 Å². The van der Waals surface area contributed by atoms with E-state index in [2.05, 4.69) is 39.7 Å². The Bertz CT molecular complexity index is 1150. The summed E-state index contributed by atoms with van der Waals surface area (Å²) in [4.78, 5) is 42.1. The van der Waals surface area contributed by atoms with Crippen LogP contribution in [0.4, 0.5) is 0 Å².